The summed E-state index contributed by atoms with van der Waals surface area (Å²) in [7, 11) is 0. The summed E-state index contributed by atoms with van der Waals surface area (Å²) in [4.78, 5) is 11.1. The zero-order valence-corrected chi connectivity index (χ0v) is 15.0. The van der Waals surface area contributed by atoms with Gasteiger partial charge < -0.3 is 9.47 Å². The molecule has 0 aliphatic heterocycles. The van der Waals surface area contributed by atoms with Crippen LogP contribution in [-0.2, 0) is 14.3 Å². The molecule has 0 rings (SSSR count). The van der Waals surface area contributed by atoms with E-state index < -0.39 is 0 Å². The molecule has 0 fully saturated rings. The molecule has 0 spiro atoms. The van der Waals surface area contributed by atoms with Crippen LogP contribution >= 0.6 is 0 Å². The number of nitrogens with two attached hydrogens (primary N) is 1. The minimum atomic E-state index is -0.326. The van der Waals surface area contributed by atoms with Crippen LogP contribution in [0.1, 0.15) is 74.1 Å². The second-order valence-electron chi connectivity index (χ2n) is 6.03. The third-order valence-electron chi connectivity index (χ3n) is 3.01. The Bertz CT molecular complexity index is 266. The Morgan fingerprint density at radius 1 is 1.00 bits per heavy atom. The first-order chi connectivity index (χ1) is 9.72. The maximum Gasteiger partial charge on any atom is 0.233 e. The predicted molar refractivity (Wildman–Crippen MR) is 87.9 cm³/mol. The van der Waals surface area contributed by atoms with Gasteiger partial charge in [-0.05, 0) is 47.0 Å². The first-order valence-electron chi connectivity index (χ1n) is 8.00. The number of carbonyl (C=O) groups is 1. The topological polar surface area (TPSA) is 73.6 Å². The molecule has 1 amide bonds. The molecular formula is C16H36N2O3. The Labute approximate surface area is 130 Å². The van der Waals surface area contributed by atoms with Crippen molar-refractivity contribution in [3.8, 4) is 0 Å². The highest BCUT2D eigenvalue weighted by Crippen LogP contribution is 2.20. The van der Waals surface area contributed by atoms with Gasteiger partial charge in [-0.25, -0.2) is 5.84 Å². The number of carbonyl (C=O) groups excluding carboxylic acids is 1. The van der Waals surface area contributed by atoms with Crippen LogP contribution in [0.15, 0.2) is 0 Å². The van der Waals surface area contributed by atoms with Gasteiger partial charge in [0, 0.05) is 13.0 Å². The standard InChI is InChI=1S/C14H30N2O3.C2H6/c1-6-10-18-14(4,5)9-11-19-13(2,3)8-7-12(17)16-15;1-2/h6-11,15H2,1-5H3,(H,16,17);1-2H3. The van der Waals surface area contributed by atoms with Gasteiger partial charge in [0.15, 0.2) is 0 Å². The van der Waals surface area contributed by atoms with E-state index >= 15 is 0 Å². The molecule has 0 heterocycles. The van der Waals surface area contributed by atoms with Gasteiger partial charge in [0.25, 0.3) is 0 Å². The molecule has 0 aromatic carbocycles. The van der Waals surface area contributed by atoms with Gasteiger partial charge in [-0.15, -0.1) is 0 Å². The minimum absolute atomic E-state index is 0.164. The lowest BCUT2D eigenvalue weighted by Gasteiger charge is -2.29. The fraction of sp³-hybridized carbons (Fsp3) is 0.938. The lowest BCUT2D eigenvalue weighted by Crippen LogP contribution is -2.34. The maximum atomic E-state index is 11.1. The summed E-state index contributed by atoms with van der Waals surface area (Å²) < 4.78 is 11.6. The summed E-state index contributed by atoms with van der Waals surface area (Å²) in [5.41, 5.74) is 1.63. The molecule has 5 heteroatoms. The van der Waals surface area contributed by atoms with Crippen LogP contribution < -0.4 is 11.3 Å². The number of hydrogen-bond acceptors (Lipinski definition) is 4. The van der Waals surface area contributed by atoms with E-state index in [0.29, 0.717) is 19.4 Å². The number of rotatable bonds is 10. The van der Waals surface area contributed by atoms with Gasteiger partial charge in [0.1, 0.15) is 0 Å². The first-order valence-corrected chi connectivity index (χ1v) is 8.00. The number of hydrazine groups is 1. The Morgan fingerprint density at radius 3 is 1.95 bits per heavy atom. The predicted octanol–water partition coefficient (Wildman–Crippen LogP) is 3.17. The molecule has 0 aliphatic rings. The molecular weight excluding hydrogens is 268 g/mol. The van der Waals surface area contributed by atoms with Crippen LogP contribution in [0.4, 0.5) is 0 Å². The molecule has 0 bridgehead atoms. The van der Waals surface area contributed by atoms with Crippen molar-refractivity contribution in [2.45, 2.75) is 85.4 Å². The number of nitrogens with one attached hydrogen (secondary N) is 1. The molecule has 0 radical (unpaired) electrons. The lowest BCUT2D eigenvalue weighted by atomic mass is 10.0. The van der Waals surface area contributed by atoms with Gasteiger partial charge in [-0.1, -0.05) is 20.8 Å². The average Bonchev–Trinajstić information content (AvgIpc) is 2.44. The normalized spacial score (nSPS) is 11.6. The monoisotopic (exact) mass is 304 g/mol. The SMILES string of the molecule is CC.CCCOC(C)(C)CCOC(C)(C)CCC(=O)NN. The number of hydrogen-bond donors (Lipinski definition) is 2. The largest absolute Gasteiger partial charge is 0.375 e. The zero-order valence-electron chi connectivity index (χ0n) is 15.0. The smallest absolute Gasteiger partial charge is 0.233 e. The second kappa shape index (κ2) is 12.0. The van der Waals surface area contributed by atoms with Gasteiger partial charge >= 0.3 is 0 Å². The quantitative estimate of drug-likeness (QED) is 0.369. The van der Waals surface area contributed by atoms with Gasteiger partial charge in [-0.2, -0.15) is 0 Å². The highest BCUT2D eigenvalue weighted by Gasteiger charge is 2.23. The van der Waals surface area contributed by atoms with Crippen LogP contribution in [0, 0.1) is 0 Å². The van der Waals surface area contributed by atoms with Crippen LogP contribution in [0.3, 0.4) is 0 Å². The van der Waals surface area contributed by atoms with E-state index in [1.807, 2.05) is 27.7 Å². The zero-order chi connectivity index (χ0) is 16.9. The van der Waals surface area contributed by atoms with E-state index in [4.69, 9.17) is 15.3 Å². The summed E-state index contributed by atoms with van der Waals surface area (Å²) >= 11 is 0. The lowest BCUT2D eigenvalue weighted by molar-refractivity contribution is -0.123. The molecule has 0 aromatic heterocycles. The van der Waals surface area contributed by atoms with Crippen molar-refractivity contribution in [3.05, 3.63) is 0 Å². The Hall–Kier alpha value is -0.650. The fourth-order valence-electron chi connectivity index (χ4n) is 1.58. The maximum absolute atomic E-state index is 11.1. The van der Waals surface area contributed by atoms with Crippen molar-refractivity contribution < 1.29 is 14.3 Å². The Morgan fingerprint density at radius 2 is 1.48 bits per heavy atom. The molecule has 0 unspecified atom stereocenters. The molecule has 5 nitrogen and oxygen atoms in total. The third-order valence-corrected chi connectivity index (χ3v) is 3.01. The highest BCUT2D eigenvalue weighted by atomic mass is 16.5. The van der Waals surface area contributed by atoms with Crippen molar-refractivity contribution in [3.63, 3.8) is 0 Å². The summed E-state index contributed by atoms with van der Waals surface area (Å²) in [5, 5.41) is 0. The van der Waals surface area contributed by atoms with Crippen molar-refractivity contribution in [1.29, 1.82) is 0 Å². The van der Waals surface area contributed by atoms with Crippen LogP contribution in [-0.4, -0.2) is 30.3 Å². The van der Waals surface area contributed by atoms with Crippen LogP contribution in [0.5, 0.6) is 0 Å². The molecule has 0 saturated carbocycles. The van der Waals surface area contributed by atoms with Crippen LogP contribution in [0.25, 0.3) is 0 Å². The van der Waals surface area contributed by atoms with E-state index in [1.165, 1.54) is 0 Å². The summed E-state index contributed by atoms with van der Waals surface area (Å²) in [6.07, 6.45) is 2.87. The average molecular weight is 304 g/mol. The van der Waals surface area contributed by atoms with Crippen molar-refractivity contribution in [2.75, 3.05) is 13.2 Å². The number of amides is 1. The van der Waals surface area contributed by atoms with E-state index in [0.717, 1.165) is 19.4 Å². The Balaban J connectivity index is 0. The molecule has 128 valence electrons. The molecule has 0 saturated heterocycles. The molecule has 3 N–H and O–H groups in total. The molecule has 0 atom stereocenters. The summed E-state index contributed by atoms with van der Waals surface area (Å²) in [5.74, 6) is 4.88. The van der Waals surface area contributed by atoms with Crippen molar-refractivity contribution in [2.24, 2.45) is 5.84 Å². The Kier molecular flexibility index (Phi) is 12.9. The van der Waals surface area contributed by atoms with Crippen molar-refractivity contribution >= 4 is 5.91 Å². The van der Waals surface area contributed by atoms with Crippen LogP contribution in [0.2, 0.25) is 0 Å². The summed E-state index contributed by atoms with van der Waals surface area (Å²) in [6.45, 7) is 15.6. The second-order valence-corrected chi connectivity index (χ2v) is 6.03. The molecule has 21 heavy (non-hydrogen) atoms. The minimum Gasteiger partial charge on any atom is -0.375 e. The van der Waals surface area contributed by atoms with Gasteiger partial charge in [0.2, 0.25) is 5.91 Å². The van der Waals surface area contributed by atoms with E-state index in [2.05, 4.69) is 26.2 Å². The highest BCUT2D eigenvalue weighted by molar-refractivity contribution is 5.75. The first kappa shape index (κ1) is 22.6. The van der Waals surface area contributed by atoms with E-state index in [9.17, 15) is 4.79 Å². The number of ether oxygens (including phenoxy) is 2. The van der Waals surface area contributed by atoms with E-state index in [1.54, 1.807) is 0 Å². The molecule has 0 aliphatic carbocycles. The third kappa shape index (κ3) is 14.1. The summed E-state index contributed by atoms with van der Waals surface area (Å²) in [6, 6.07) is 0. The van der Waals surface area contributed by atoms with E-state index in [-0.39, 0.29) is 17.1 Å². The fourth-order valence-corrected chi connectivity index (χ4v) is 1.58. The van der Waals surface area contributed by atoms with Crippen molar-refractivity contribution in [1.82, 2.24) is 5.43 Å². The molecule has 0 aromatic rings. The van der Waals surface area contributed by atoms with Gasteiger partial charge in [-0.3, -0.25) is 10.2 Å². The van der Waals surface area contributed by atoms with Gasteiger partial charge in [0.05, 0.1) is 17.8 Å².